The normalized spacial score (nSPS) is 16.3. The van der Waals surface area contributed by atoms with Gasteiger partial charge in [-0.15, -0.1) is 0 Å². The topological polar surface area (TPSA) is 71.1 Å². The van der Waals surface area contributed by atoms with Crippen LogP contribution in [0.4, 0.5) is 4.39 Å². The summed E-state index contributed by atoms with van der Waals surface area (Å²) in [5.74, 6) is 1.96. The zero-order chi connectivity index (χ0) is 19.3. The number of ether oxygens (including phenoxy) is 1. The number of aromatic nitrogens is 3. The van der Waals surface area contributed by atoms with E-state index < -0.39 is 0 Å². The van der Waals surface area contributed by atoms with E-state index >= 15 is 0 Å². The molecule has 0 spiro atoms. The van der Waals surface area contributed by atoms with Crippen molar-refractivity contribution in [2.24, 2.45) is 5.92 Å². The van der Waals surface area contributed by atoms with Crippen molar-refractivity contribution in [2.45, 2.75) is 12.8 Å². The number of hydrogen-bond donors (Lipinski definition) is 1. The summed E-state index contributed by atoms with van der Waals surface area (Å²) in [4.78, 5) is 18.7. The third-order valence-corrected chi connectivity index (χ3v) is 4.86. The molecule has 0 saturated carbocycles. The first kappa shape index (κ1) is 18.2. The number of halogens is 1. The fourth-order valence-corrected chi connectivity index (χ4v) is 3.37. The lowest BCUT2D eigenvalue weighted by Crippen LogP contribution is -2.33. The van der Waals surface area contributed by atoms with Crippen molar-refractivity contribution in [3.63, 3.8) is 0 Å². The van der Waals surface area contributed by atoms with Gasteiger partial charge in [-0.05, 0) is 36.6 Å². The summed E-state index contributed by atoms with van der Waals surface area (Å²) >= 11 is 0. The summed E-state index contributed by atoms with van der Waals surface area (Å²) in [6.07, 6.45) is 1.67. The molecule has 1 saturated heterocycles. The van der Waals surface area contributed by atoms with E-state index in [1.807, 2.05) is 35.2 Å². The Labute approximate surface area is 162 Å². The molecule has 1 atom stereocenters. The molecule has 1 aliphatic heterocycles. The summed E-state index contributed by atoms with van der Waals surface area (Å²) in [7, 11) is 0. The van der Waals surface area contributed by atoms with Crippen molar-refractivity contribution in [2.75, 3.05) is 19.7 Å². The number of likely N-dealkylation sites (tertiary alicyclic amines) is 1. The highest BCUT2D eigenvalue weighted by Gasteiger charge is 2.27. The van der Waals surface area contributed by atoms with E-state index in [2.05, 4.69) is 15.2 Å². The first-order valence-electron chi connectivity index (χ1n) is 9.30. The van der Waals surface area contributed by atoms with Crippen molar-refractivity contribution in [3.05, 3.63) is 66.2 Å². The fourth-order valence-electron chi connectivity index (χ4n) is 3.37. The maximum Gasteiger partial charge on any atom is 0.260 e. The van der Waals surface area contributed by atoms with Crippen LogP contribution in [0.25, 0.3) is 11.4 Å². The van der Waals surface area contributed by atoms with Gasteiger partial charge in [-0.3, -0.25) is 9.89 Å². The Morgan fingerprint density at radius 2 is 1.96 bits per heavy atom. The Morgan fingerprint density at radius 3 is 2.75 bits per heavy atom. The molecule has 0 radical (unpaired) electrons. The molecule has 7 heteroatoms. The average molecular weight is 380 g/mol. The Kier molecular flexibility index (Phi) is 5.32. The van der Waals surface area contributed by atoms with Crippen LogP contribution < -0.4 is 4.74 Å². The van der Waals surface area contributed by atoms with Gasteiger partial charge in [-0.25, -0.2) is 9.37 Å². The predicted octanol–water partition coefficient (Wildman–Crippen LogP) is 3.08. The predicted molar refractivity (Wildman–Crippen MR) is 102 cm³/mol. The molecule has 1 fully saturated rings. The van der Waals surface area contributed by atoms with Gasteiger partial charge >= 0.3 is 0 Å². The second kappa shape index (κ2) is 8.21. The molecular weight excluding hydrogens is 359 g/mol. The van der Waals surface area contributed by atoms with Gasteiger partial charge in [-0.2, -0.15) is 5.10 Å². The maximum atomic E-state index is 12.9. The van der Waals surface area contributed by atoms with Crippen molar-refractivity contribution in [3.8, 4) is 17.1 Å². The first-order valence-corrected chi connectivity index (χ1v) is 9.30. The second-order valence-electron chi connectivity index (χ2n) is 6.91. The number of amides is 1. The van der Waals surface area contributed by atoms with Gasteiger partial charge < -0.3 is 9.64 Å². The molecule has 1 N–H and O–H groups in total. The van der Waals surface area contributed by atoms with Crippen LogP contribution in [0.15, 0.2) is 54.6 Å². The van der Waals surface area contributed by atoms with Crippen LogP contribution in [-0.2, 0) is 11.2 Å². The minimum Gasteiger partial charge on any atom is -0.484 e. The smallest absolute Gasteiger partial charge is 0.260 e. The number of benzene rings is 2. The number of H-pyrrole nitrogens is 1. The summed E-state index contributed by atoms with van der Waals surface area (Å²) in [5, 5.41) is 7.29. The van der Waals surface area contributed by atoms with Crippen molar-refractivity contribution in [1.82, 2.24) is 20.1 Å². The van der Waals surface area contributed by atoms with Crippen LogP contribution >= 0.6 is 0 Å². The Morgan fingerprint density at radius 1 is 1.18 bits per heavy atom. The molecule has 1 aromatic heterocycles. The van der Waals surface area contributed by atoms with Crippen molar-refractivity contribution < 1.29 is 13.9 Å². The highest BCUT2D eigenvalue weighted by molar-refractivity contribution is 5.78. The van der Waals surface area contributed by atoms with Gasteiger partial charge in [0.25, 0.3) is 5.91 Å². The number of aromatic amines is 1. The fraction of sp³-hybridized carbons (Fsp3) is 0.286. The Bertz CT molecular complexity index is 927. The summed E-state index contributed by atoms with van der Waals surface area (Å²) in [5.41, 5.74) is 0.978. The molecule has 0 aliphatic carbocycles. The lowest BCUT2D eigenvalue weighted by Gasteiger charge is -2.16. The molecule has 0 bridgehead atoms. The van der Waals surface area contributed by atoms with E-state index in [4.69, 9.17) is 4.74 Å². The maximum absolute atomic E-state index is 12.9. The van der Waals surface area contributed by atoms with Gasteiger partial charge in [0.2, 0.25) is 0 Å². The van der Waals surface area contributed by atoms with Crippen LogP contribution in [0.5, 0.6) is 5.75 Å². The molecule has 2 heterocycles. The van der Waals surface area contributed by atoms with Crippen LogP contribution in [0.1, 0.15) is 12.2 Å². The van der Waals surface area contributed by atoms with Gasteiger partial charge in [0.05, 0.1) is 0 Å². The van der Waals surface area contributed by atoms with E-state index in [1.54, 1.807) is 0 Å². The lowest BCUT2D eigenvalue weighted by molar-refractivity contribution is -0.132. The van der Waals surface area contributed by atoms with Gasteiger partial charge in [-0.1, -0.05) is 30.3 Å². The summed E-state index contributed by atoms with van der Waals surface area (Å²) in [6, 6.07) is 15.5. The zero-order valence-corrected chi connectivity index (χ0v) is 15.3. The van der Waals surface area contributed by atoms with E-state index in [9.17, 15) is 9.18 Å². The second-order valence-corrected chi connectivity index (χ2v) is 6.91. The third-order valence-electron chi connectivity index (χ3n) is 4.86. The molecule has 4 rings (SSSR count). The number of hydrogen-bond acceptors (Lipinski definition) is 4. The largest absolute Gasteiger partial charge is 0.484 e. The van der Waals surface area contributed by atoms with Gasteiger partial charge in [0.15, 0.2) is 12.4 Å². The number of nitrogens with zero attached hydrogens (tertiary/aromatic N) is 3. The van der Waals surface area contributed by atoms with E-state index in [0.29, 0.717) is 30.6 Å². The SMILES string of the molecule is O=C(COc1ccc(F)cc1)N1CCC(Cc2nc(-c3ccccc3)n[nH]2)C1. The van der Waals surface area contributed by atoms with E-state index in [-0.39, 0.29) is 18.3 Å². The summed E-state index contributed by atoms with van der Waals surface area (Å²) in [6.45, 7) is 1.34. The zero-order valence-electron chi connectivity index (χ0n) is 15.3. The van der Waals surface area contributed by atoms with E-state index in [0.717, 1.165) is 24.2 Å². The highest BCUT2D eigenvalue weighted by Crippen LogP contribution is 2.21. The van der Waals surface area contributed by atoms with Crippen LogP contribution in [-0.4, -0.2) is 45.7 Å². The average Bonchev–Trinajstić information content (AvgIpc) is 3.38. The molecule has 1 unspecified atom stereocenters. The molecule has 28 heavy (non-hydrogen) atoms. The first-order chi connectivity index (χ1) is 13.7. The number of nitrogens with one attached hydrogen (secondary N) is 1. The Balaban J connectivity index is 1.27. The number of rotatable bonds is 6. The quantitative estimate of drug-likeness (QED) is 0.713. The summed E-state index contributed by atoms with van der Waals surface area (Å²) < 4.78 is 18.4. The lowest BCUT2D eigenvalue weighted by atomic mass is 10.1. The number of carbonyl (C=O) groups is 1. The monoisotopic (exact) mass is 380 g/mol. The highest BCUT2D eigenvalue weighted by atomic mass is 19.1. The van der Waals surface area contributed by atoms with Gasteiger partial charge in [0.1, 0.15) is 17.4 Å². The molecular formula is C21H21FN4O2. The molecule has 2 aromatic carbocycles. The number of carbonyl (C=O) groups excluding carboxylic acids is 1. The molecule has 3 aromatic rings. The molecule has 1 aliphatic rings. The van der Waals surface area contributed by atoms with Crippen molar-refractivity contribution >= 4 is 5.91 Å². The third kappa shape index (κ3) is 4.36. The van der Waals surface area contributed by atoms with Crippen LogP contribution in [0.2, 0.25) is 0 Å². The van der Waals surface area contributed by atoms with Crippen molar-refractivity contribution in [1.29, 1.82) is 0 Å². The molecule has 1 amide bonds. The minimum absolute atomic E-state index is 0.0428. The Hall–Kier alpha value is -3.22. The molecule has 6 nitrogen and oxygen atoms in total. The van der Waals surface area contributed by atoms with Crippen LogP contribution in [0, 0.1) is 11.7 Å². The van der Waals surface area contributed by atoms with Crippen LogP contribution in [0.3, 0.4) is 0 Å². The van der Waals surface area contributed by atoms with Gasteiger partial charge in [0, 0.05) is 25.1 Å². The molecule has 144 valence electrons. The van der Waals surface area contributed by atoms with E-state index in [1.165, 1.54) is 24.3 Å². The minimum atomic E-state index is -0.330. The standard InChI is InChI=1S/C21H21FN4O2/c22-17-6-8-18(9-7-17)28-14-20(27)26-11-10-15(13-26)12-19-23-21(25-24-19)16-4-2-1-3-5-16/h1-9,15H,10-14H2,(H,23,24,25).